The summed E-state index contributed by atoms with van der Waals surface area (Å²) in [5, 5.41) is 0. The van der Waals surface area contributed by atoms with Crippen molar-refractivity contribution in [3.05, 3.63) is 5.82 Å². The standard InChI is InChI=1S/C7H14N6/c1-2-3-4(8)5-11-6(9)13-7(10)12-5/h4H,2-3,8H2,1H3,(H4,9,10,11,12,13)/t4-/m1/s1. The van der Waals surface area contributed by atoms with Gasteiger partial charge in [-0.2, -0.15) is 15.0 Å². The molecule has 0 saturated carbocycles. The van der Waals surface area contributed by atoms with Crippen molar-refractivity contribution in [1.82, 2.24) is 15.0 Å². The molecule has 0 bridgehead atoms. The first-order chi connectivity index (χ1) is 6.13. The predicted molar refractivity (Wildman–Crippen MR) is 50.5 cm³/mol. The maximum absolute atomic E-state index is 5.78. The van der Waals surface area contributed by atoms with Gasteiger partial charge in [0.05, 0.1) is 6.04 Å². The lowest BCUT2D eigenvalue weighted by Gasteiger charge is -2.08. The normalized spacial score (nSPS) is 12.8. The lowest BCUT2D eigenvalue weighted by Crippen LogP contribution is -2.16. The number of anilines is 2. The van der Waals surface area contributed by atoms with Gasteiger partial charge in [-0.3, -0.25) is 0 Å². The van der Waals surface area contributed by atoms with Crippen LogP contribution in [0, 0.1) is 0 Å². The molecular formula is C7H14N6. The van der Waals surface area contributed by atoms with E-state index in [1.54, 1.807) is 0 Å². The van der Waals surface area contributed by atoms with E-state index in [1.165, 1.54) is 0 Å². The first-order valence-corrected chi connectivity index (χ1v) is 4.16. The van der Waals surface area contributed by atoms with Gasteiger partial charge in [0, 0.05) is 0 Å². The third-order valence-electron chi connectivity index (χ3n) is 1.62. The van der Waals surface area contributed by atoms with Gasteiger partial charge in [-0.25, -0.2) is 0 Å². The van der Waals surface area contributed by atoms with Crippen LogP contribution in [0.4, 0.5) is 11.9 Å². The fourth-order valence-electron chi connectivity index (χ4n) is 1.03. The Kier molecular flexibility index (Phi) is 2.97. The average Bonchev–Trinajstić information content (AvgIpc) is 2.03. The van der Waals surface area contributed by atoms with Gasteiger partial charge in [0.25, 0.3) is 0 Å². The first-order valence-electron chi connectivity index (χ1n) is 4.16. The molecule has 6 nitrogen and oxygen atoms in total. The highest BCUT2D eigenvalue weighted by Gasteiger charge is 2.09. The Morgan fingerprint density at radius 2 is 1.69 bits per heavy atom. The van der Waals surface area contributed by atoms with Crippen LogP contribution in [0.1, 0.15) is 31.6 Å². The molecule has 0 spiro atoms. The molecule has 0 fully saturated rings. The second-order valence-corrected chi connectivity index (χ2v) is 2.81. The highest BCUT2D eigenvalue weighted by molar-refractivity contribution is 5.26. The summed E-state index contributed by atoms with van der Waals surface area (Å²) in [6, 6.07) is -0.211. The highest BCUT2D eigenvalue weighted by Crippen LogP contribution is 2.12. The molecule has 0 aliphatic rings. The summed E-state index contributed by atoms with van der Waals surface area (Å²) in [5.41, 5.74) is 16.6. The van der Waals surface area contributed by atoms with Gasteiger partial charge >= 0.3 is 0 Å². The van der Waals surface area contributed by atoms with E-state index in [0.29, 0.717) is 5.82 Å². The van der Waals surface area contributed by atoms with E-state index < -0.39 is 0 Å². The molecule has 1 rings (SSSR count). The summed E-state index contributed by atoms with van der Waals surface area (Å²) in [6.45, 7) is 2.04. The SMILES string of the molecule is CCC[C@@H](N)c1nc(N)nc(N)n1. The Morgan fingerprint density at radius 3 is 2.15 bits per heavy atom. The molecule has 0 aromatic carbocycles. The lowest BCUT2D eigenvalue weighted by atomic mass is 10.2. The third-order valence-corrected chi connectivity index (χ3v) is 1.62. The molecule has 13 heavy (non-hydrogen) atoms. The van der Waals surface area contributed by atoms with E-state index in [1.807, 2.05) is 6.92 Å². The summed E-state index contributed by atoms with van der Waals surface area (Å²) < 4.78 is 0. The Labute approximate surface area is 76.6 Å². The fraction of sp³-hybridized carbons (Fsp3) is 0.571. The molecule has 1 heterocycles. The zero-order valence-corrected chi connectivity index (χ0v) is 7.57. The van der Waals surface area contributed by atoms with Crippen molar-refractivity contribution in [1.29, 1.82) is 0 Å². The van der Waals surface area contributed by atoms with Crippen LogP contribution in [-0.4, -0.2) is 15.0 Å². The Bertz CT molecular complexity index is 266. The molecular weight excluding hydrogens is 168 g/mol. The Morgan fingerprint density at radius 1 is 1.15 bits per heavy atom. The number of nitrogens with two attached hydrogens (primary N) is 3. The van der Waals surface area contributed by atoms with Crippen LogP contribution >= 0.6 is 0 Å². The van der Waals surface area contributed by atoms with Crippen LogP contribution < -0.4 is 17.2 Å². The smallest absolute Gasteiger partial charge is 0.225 e. The second-order valence-electron chi connectivity index (χ2n) is 2.81. The molecule has 0 unspecified atom stereocenters. The Hall–Kier alpha value is -1.43. The van der Waals surface area contributed by atoms with E-state index in [-0.39, 0.29) is 17.9 Å². The van der Waals surface area contributed by atoms with E-state index >= 15 is 0 Å². The number of nitrogens with zero attached hydrogens (tertiary/aromatic N) is 3. The molecule has 0 amide bonds. The second kappa shape index (κ2) is 3.99. The van der Waals surface area contributed by atoms with Gasteiger partial charge in [0.2, 0.25) is 11.9 Å². The molecule has 0 aliphatic heterocycles. The van der Waals surface area contributed by atoms with Gasteiger partial charge in [-0.1, -0.05) is 13.3 Å². The minimum absolute atomic E-state index is 0.119. The molecule has 0 saturated heterocycles. The molecule has 6 heteroatoms. The number of rotatable bonds is 3. The number of hydrogen-bond donors (Lipinski definition) is 3. The van der Waals surface area contributed by atoms with Crippen molar-refractivity contribution in [3.63, 3.8) is 0 Å². The van der Waals surface area contributed by atoms with Crippen molar-refractivity contribution in [3.8, 4) is 0 Å². The van der Waals surface area contributed by atoms with Crippen LogP contribution in [0.25, 0.3) is 0 Å². The minimum Gasteiger partial charge on any atom is -0.368 e. The number of nitrogen functional groups attached to an aromatic ring is 2. The van der Waals surface area contributed by atoms with Crippen molar-refractivity contribution < 1.29 is 0 Å². The van der Waals surface area contributed by atoms with Crippen LogP contribution in [0.15, 0.2) is 0 Å². The van der Waals surface area contributed by atoms with Crippen molar-refractivity contribution in [2.75, 3.05) is 11.5 Å². The predicted octanol–water partition coefficient (Wildman–Crippen LogP) is -0.164. The topological polar surface area (TPSA) is 117 Å². The Balaban J connectivity index is 2.87. The van der Waals surface area contributed by atoms with Crippen LogP contribution in [0.3, 0.4) is 0 Å². The van der Waals surface area contributed by atoms with Crippen LogP contribution in [0.2, 0.25) is 0 Å². The maximum atomic E-state index is 5.78. The van der Waals surface area contributed by atoms with Gasteiger partial charge in [-0.15, -0.1) is 0 Å². The lowest BCUT2D eigenvalue weighted by molar-refractivity contribution is 0.601. The summed E-state index contributed by atoms with van der Waals surface area (Å²) in [5.74, 6) is 0.704. The maximum Gasteiger partial charge on any atom is 0.225 e. The zero-order chi connectivity index (χ0) is 9.84. The summed E-state index contributed by atoms with van der Waals surface area (Å²) in [7, 11) is 0. The largest absolute Gasteiger partial charge is 0.368 e. The molecule has 1 aromatic rings. The number of aromatic nitrogens is 3. The fourth-order valence-corrected chi connectivity index (χ4v) is 1.03. The highest BCUT2D eigenvalue weighted by atomic mass is 15.1. The summed E-state index contributed by atoms with van der Waals surface area (Å²) >= 11 is 0. The average molecular weight is 182 g/mol. The zero-order valence-electron chi connectivity index (χ0n) is 7.57. The van der Waals surface area contributed by atoms with Crippen LogP contribution in [-0.2, 0) is 0 Å². The summed E-state index contributed by atoms with van der Waals surface area (Å²) in [6.07, 6.45) is 1.77. The van der Waals surface area contributed by atoms with Crippen molar-refractivity contribution >= 4 is 11.9 Å². The van der Waals surface area contributed by atoms with Gasteiger partial charge in [0.1, 0.15) is 0 Å². The molecule has 72 valence electrons. The van der Waals surface area contributed by atoms with Gasteiger partial charge < -0.3 is 17.2 Å². The quantitative estimate of drug-likeness (QED) is 0.597. The number of hydrogen-bond acceptors (Lipinski definition) is 6. The minimum atomic E-state index is -0.211. The van der Waals surface area contributed by atoms with Crippen molar-refractivity contribution in [2.45, 2.75) is 25.8 Å². The van der Waals surface area contributed by atoms with Gasteiger partial charge in [0.15, 0.2) is 5.82 Å². The van der Waals surface area contributed by atoms with E-state index in [4.69, 9.17) is 17.2 Å². The molecule has 0 radical (unpaired) electrons. The van der Waals surface area contributed by atoms with Crippen molar-refractivity contribution in [2.24, 2.45) is 5.73 Å². The molecule has 0 aliphatic carbocycles. The molecule has 1 atom stereocenters. The van der Waals surface area contributed by atoms with Gasteiger partial charge in [-0.05, 0) is 6.42 Å². The first kappa shape index (κ1) is 9.66. The third kappa shape index (κ3) is 2.51. The van der Waals surface area contributed by atoms with E-state index in [2.05, 4.69) is 15.0 Å². The molecule has 1 aromatic heterocycles. The summed E-state index contributed by atoms with van der Waals surface area (Å²) in [4.78, 5) is 11.5. The monoisotopic (exact) mass is 182 g/mol. The van der Waals surface area contributed by atoms with E-state index in [9.17, 15) is 0 Å². The van der Waals surface area contributed by atoms with Crippen LogP contribution in [0.5, 0.6) is 0 Å². The van der Waals surface area contributed by atoms with E-state index in [0.717, 1.165) is 12.8 Å². The molecule has 6 N–H and O–H groups in total.